The van der Waals surface area contributed by atoms with Crippen LogP contribution < -0.4 is 0 Å². The third-order valence-electron chi connectivity index (χ3n) is 0.908. The van der Waals surface area contributed by atoms with E-state index in [1.54, 1.807) is 12.2 Å². The van der Waals surface area contributed by atoms with E-state index >= 15 is 0 Å². The smallest absolute Gasteiger partial charge is 0.0970 e. The first-order valence-electron chi connectivity index (χ1n) is 2.31. The summed E-state index contributed by atoms with van der Waals surface area (Å²) < 4.78 is 0. The van der Waals surface area contributed by atoms with E-state index in [4.69, 9.17) is 0 Å². The van der Waals surface area contributed by atoms with Crippen molar-refractivity contribution in [2.75, 3.05) is 6.54 Å². The van der Waals surface area contributed by atoms with Crippen LogP contribution in [0.5, 0.6) is 0 Å². The summed E-state index contributed by atoms with van der Waals surface area (Å²) in [6.07, 6.45) is 5.27. The maximum atomic E-state index is 10.5. The van der Waals surface area contributed by atoms with Crippen molar-refractivity contribution in [1.82, 2.24) is 5.06 Å². The molecule has 1 aliphatic rings. The maximum absolute atomic E-state index is 10.5. The largest absolute Gasteiger partial charge is 0.210 e. The van der Waals surface area contributed by atoms with Gasteiger partial charge in [-0.25, -0.2) is 5.06 Å². The van der Waals surface area contributed by atoms with Crippen molar-refractivity contribution in [3.05, 3.63) is 23.3 Å². The summed E-state index contributed by atoms with van der Waals surface area (Å²) in [5, 5.41) is 11.8. The summed E-state index contributed by atoms with van der Waals surface area (Å²) in [5.41, 5.74) is 0. The van der Waals surface area contributed by atoms with E-state index in [0.29, 0.717) is 11.6 Å². The predicted molar refractivity (Wildman–Crippen MR) is 33.6 cm³/mol. The standard InChI is InChI=1S/C5H6NOS/c7-6-4-2-1-3-5(6)8/h1-3,8H,4H2. The average molecular weight is 128 g/mol. The van der Waals surface area contributed by atoms with Gasteiger partial charge in [-0.15, -0.1) is 12.6 Å². The highest BCUT2D eigenvalue weighted by Gasteiger charge is 2.02. The van der Waals surface area contributed by atoms with E-state index in [1.165, 1.54) is 0 Å². The molecule has 0 bridgehead atoms. The number of allylic oxidation sites excluding steroid dienone is 2. The summed E-state index contributed by atoms with van der Waals surface area (Å²) in [6.45, 7) is 0.426. The molecule has 0 spiro atoms. The Bertz CT molecular complexity index is 141. The van der Waals surface area contributed by atoms with Crippen LogP contribution >= 0.6 is 12.6 Å². The second-order valence-corrected chi connectivity index (χ2v) is 1.97. The lowest BCUT2D eigenvalue weighted by Crippen LogP contribution is -2.15. The lowest BCUT2D eigenvalue weighted by Gasteiger charge is -2.12. The van der Waals surface area contributed by atoms with Crippen LogP contribution in [-0.2, 0) is 5.21 Å². The van der Waals surface area contributed by atoms with Gasteiger partial charge in [-0.1, -0.05) is 17.4 Å². The summed E-state index contributed by atoms with van der Waals surface area (Å²) in [5.74, 6) is 0. The van der Waals surface area contributed by atoms with Crippen LogP contribution in [0.3, 0.4) is 0 Å². The summed E-state index contributed by atoms with van der Waals surface area (Å²) in [6, 6.07) is 0. The SMILES string of the molecule is [O]N1CC=CC=C1S. The first kappa shape index (κ1) is 5.72. The van der Waals surface area contributed by atoms with Crippen LogP contribution in [0.15, 0.2) is 23.3 Å². The van der Waals surface area contributed by atoms with E-state index in [9.17, 15) is 5.21 Å². The molecule has 0 aromatic rings. The van der Waals surface area contributed by atoms with Gasteiger partial charge >= 0.3 is 0 Å². The van der Waals surface area contributed by atoms with Crippen molar-refractivity contribution in [1.29, 1.82) is 0 Å². The Balaban J connectivity index is 2.66. The Kier molecular flexibility index (Phi) is 1.60. The molecule has 0 aromatic carbocycles. The minimum Gasteiger partial charge on any atom is -0.210 e. The zero-order valence-electron chi connectivity index (χ0n) is 4.24. The van der Waals surface area contributed by atoms with Crippen LogP contribution in [-0.4, -0.2) is 11.6 Å². The summed E-state index contributed by atoms with van der Waals surface area (Å²) >= 11 is 3.88. The fourth-order valence-electron chi connectivity index (χ4n) is 0.487. The zero-order chi connectivity index (χ0) is 5.98. The molecule has 0 N–H and O–H groups in total. The van der Waals surface area contributed by atoms with Crippen molar-refractivity contribution < 1.29 is 5.21 Å². The fourth-order valence-corrected chi connectivity index (χ4v) is 0.655. The van der Waals surface area contributed by atoms with Gasteiger partial charge in [0.25, 0.3) is 0 Å². The molecule has 0 unspecified atom stereocenters. The lowest BCUT2D eigenvalue weighted by molar-refractivity contribution is -0.108. The van der Waals surface area contributed by atoms with Crippen LogP contribution in [0.25, 0.3) is 0 Å². The van der Waals surface area contributed by atoms with Gasteiger partial charge in [-0.3, -0.25) is 0 Å². The Morgan fingerprint density at radius 1 is 1.75 bits per heavy atom. The summed E-state index contributed by atoms with van der Waals surface area (Å²) in [7, 11) is 0. The molecular weight excluding hydrogens is 122 g/mol. The molecule has 1 aliphatic heterocycles. The van der Waals surface area contributed by atoms with Crippen LogP contribution in [0.4, 0.5) is 0 Å². The third kappa shape index (κ3) is 1.05. The quantitative estimate of drug-likeness (QED) is 0.483. The second kappa shape index (κ2) is 2.24. The normalized spacial score (nSPS) is 18.8. The first-order valence-corrected chi connectivity index (χ1v) is 2.76. The zero-order valence-corrected chi connectivity index (χ0v) is 5.14. The topological polar surface area (TPSA) is 23.1 Å². The van der Waals surface area contributed by atoms with Crippen molar-refractivity contribution in [2.24, 2.45) is 0 Å². The van der Waals surface area contributed by atoms with Gasteiger partial charge in [0.1, 0.15) is 0 Å². The van der Waals surface area contributed by atoms with Gasteiger partial charge in [-0.05, 0) is 6.08 Å². The van der Waals surface area contributed by atoms with Gasteiger partial charge in [0.2, 0.25) is 0 Å². The van der Waals surface area contributed by atoms with Crippen molar-refractivity contribution in [3.63, 3.8) is 0 Å². The molecule has 0 fully saturated rings. The first-order chi connectivity index (χ1) is 3.80. The number of hydrogen-bond acceptors (Lipinski definition) is 2. The average Bonchev–Trinajstić information content (AvgIpc) is 1.77. The number of rotatable bonds is 0. The number of hydroxylamine groups is 2. The molecule has 8 heavy (non-hydrogen) atoms. The highest BCUT2D eigenvalue weighted by atomic mass is 32.1. The molecule has 1 heterocycles. The molecule has 3 heteroatoms. The fraction of sp³-hybridized carbons (Fsp3) is 0.200. The monoisotopic (exact) mass is 128 g/mol. The third-order valence-corrected chi connectivity index (χ3v) is 1.28. The Morgan fingerprint density at radius 2 is 2.50 bits per heavy atom. The molecule has 0 saturated carbocycles. The minimum atomic E-state index is 0.426. The molecule has 2 nitrogen and oxygen atoms in total. The number of thiol groups is 1. The highest BCUT2D eigenvalue weighted by Crippen LogP contribution is 2.09. The summed E-state index contributed by atoms with van der Waals surface area (Å²) in [4.78, 5) is 0. The molecule has 1 rings (SSSR count). The van der Waals surface area contributed by atoms with Crippen molar-refractivity contribution >= 4 is 12.6 Å². The minimum absolute atomic E-state index is 0.426. The van der Waals surface area contributed by atoms with E-state index in [2.05, 4.69) is 12.6 Å². The highest BCUT2D eigenvalue weighted by molar-refractivity contribution is 7.84. The van der Waals surface area contributed by atoms with Crippen LogP contribution in [0.1, 0.15) is 0 Å². The van der Waals surface area contributed by atoms with E-state index in [0.717, 1.165) is 5.06 Å². The number of hydrogen-bond donors (Lipinski definition) is 1. The van der Waals surface area contributed by atoms with E-state index in [1.807, 2.05) is 6.08 Å². The molecule has 0 amide bonds. The Labute approximate surface area is 53.5 Å². The van der Waals surface area contributed by atoms with Gasteiger partial charge in [-0.2, -0.15) is 0 Å². The van der Waals surface area contributed by atoms with Gasteiger partial charge in [0, 0.05) is 0 Å². The molecule has 0 atom stereocenters. The van der Waals surface area contributed by atoms with Crippen molar-refractivity contribution in [2.45, 2.75) is 0 Å². The van der Waals surface area contributed by atoms with E-state index < -0.39 is 0 Å². The molecule has 0 saturated heterocycles. The van der Waals surface area contributed by atoms with Crippen LogP contribution in [0, 0.1) is 0 Å². The van der Waals surface area contributed by atoms with E-state index in [-0.39, 0.29) is 0 Å². The Morgan fingerprint density at radius 3 is 2.88 bits per heavy atom. The van der Waals surface area contributed by atoms with Crippen LogP contribution in [0.2, 0.25) is 0 Å². The molecule has 1 radical (unpaired) electrons. The van der Waals surface area contributed by atoms with Gasteiger partial charge in [0.15, 0.2) is 0 Å². The molecular formula is C5H6NOS. The number of nitrogens with zero attached hydrogens (tertiary/aromatic N) is 1. The second-order valence-electron chi connectivity index (χ2n) is 1.51. The predicted octanol–water partition coefficient (Wildman–Crippen LogP) is 0.975. The molecule has 0 aliphatic carbocycles. The molecule has 0 aromatic heterocycles. The van der Waals surface area contributed by atoms with Crippen molar-refractivity contribution in [3.8, 4) is 0 Å². The van der Waals surface area contributed by atoms with Gasteiger partial charge < -0.3 is 0 Å². The lowest BCUT2D eigenvalue weighted by atomic mass is 10.4. The van der Waals surface area contributed by atoms with Gasteiger partial charge in [0.05, 0.1) is 11.6 Å². The molecule has 43 valence electrons. The Hall–Kier alpha value is -0.410. The maximum Gasteiger partial charge on any atom is 0.0970 e.